The quantitative estimate of drug-likeness (QED) is 0.579. The van der Waals surface area contributed by atoms with Crippen molar-refractivity contribution in [1.82, 2.24) is 5.32 Å². The lowest BCUT2D eigenvalue weighted by molar-refractivity contribution is 0.0238. The van der Waals surface area contributed by atoms with E-state index in [9.17, 15) is 9.18 Å². The predicted molar refractivity (Wildman–Crippen MR) is 74.7 cm³/mol. The molecule has 1 aliphatic rings. The number of anilines is 1. The van der Waals surface area contributed by atoms with Gasteiger partial charge in [-0.15, -0.1) is 0 Å². The number of hydrogen-bond donors (Lipinski definition) is 3. The molecule has 2 rings (SSSR count). The fourth-order valence-corrected chi connectivity index (χ4v) is 2.29. The number of ether oxygens (including phenoxy) is 1. The maximum Gasteiger partial charge on any atom is 0.253 e. The summed E-state index contributed by atoms with van der Waals surface area (Å²) in [7, 11) is 0. The third-order valence-corrected chi connectivity index (χ3v) is 3.78. The van der Waals surface area contributed by atoms with Gasteiger partial charge in [-0.3, -0.25) is 10.6 Å². The SMILES string of the molecule is CC1(CNC(=O)c2cccc(F)c2NN)CCOCC1. The molecule has 0 unspecified atom stereocenters. The lowest BCUT2D eigenvalue weighted by atomic mass is 9.82. The summed E-state index contributed by atoms with van der Waals surface area (Å²) >= 11 is 0. The zero-order valence-electron chi connectivity index (χ0n) is 11.5. The second kappa shape index (κ2) is 6.19. The standard InChI is InChI=1S/C14H20FN3O2/c1-14(5-7-20-8-6-14)9-17-13(19)10-3-2-4-11(15)12(10)18-16/h2-4,18H,5-9,16H2,1H3,(H,17,19). The molecule has 1 saturated heterocycles. The molecule has 110 valence electrons. The van der Waals surface area contributed by atoms with Crippen molar-refractivity contribution in [3.8, 4) is 0 Å². The maximum atomic E-state index is 13.5. The van der Waals surface area contributed by atoms with E-state index in [1.165, 1.54) is 12.1 Å². The van der Waals surface area contributed by atoms with Crippen LogP contribution in [0.3, 0.4) is 0 Å². The van der Waals surface area contributed by atoms with Crippen molar-refractivity contribution in [2.24, 2.45) is 11.3 Å². The molecule has 1 amide bonds. The summed E-state index contributed by atoms with van der Waals surface area (Å²) in [5, 5.41) is 2.85. The summed E-state index contributed by atoms with van der Waals surface area (Å²) in [4.78, 5) is 12.2. The Balaban J connectivity index is 2.03. The summed E-state index contributed by atoms with van der Waals surface area (Å²) in [6, 6.07) is 4.28. The minimum absolute atomic E-state index is 0.0159. The van der Waals surface area contributed by atoms with E-state index in [2.05, 4.69) is 17.7 Å². The van der Waals surface area contributed by atoms with E-state index in [1.807, 2.05) is 0 Å². The number of para-hydroxylation sites is 1. The molecule has 1 aromatic carbocycles. The zero-order chi connectivity index (χ0) is 14.6. The van der Waals surface area contributed by atoms with Gasteiger partial charge in [-0.2, -0.15) is 0 Å². The number of rotatable bonds is 4. The molecule has 0 radical (unpaired) electrons. The molecule has 0 aromatic heterocycles. The van der Waals surface area contributed by atoms with Crippen molar-refractivity contribution < 1.29 is 13.9 Å². The number of amides is 1. The van der Waals surface area contributed by atoms with E-state index in [0.717, 1.165) is 12.8 Å². The Labute approximate surface area is 117 Å². The first-order valence-electron chi connectivity index (χ1n) is 6.67. The summed E-state index contributed by atoms with van der Waals surface area (Å²) in [6.07, 6.45) is 1.80. The molecule has 1 aliphatic heterocycles. The van der Waals surface area contributed by atoms with Gasteiger partial charge in [-0.05, 0) is 30.4 Å². The summed E-state index contributed by atoms with van der Waals surface area (Å²) in [5.74, 6) is 4.40. The second-order valence-electron chi connectivity index (χ2n) is 5.41. The number of nitrogens with two attached hydrogens (primary N) is 1. The minimum atomic E-state index is -0.544. The third kappa shape index (κ3) is 3.26. The smallest absolute Gasteiger partial charge is 0.253 e. The first kappa shape index (κ1) is 14.7. The van der Waals surface area contributed by atoms with Gasteiger partial charge in [0.25, 0.3) is 5.91 Å². The van der Waals surface area contributed by atoms with Crippen LogP contribution in [0.2, 0.25) is 0 Å². The van der Waals surface area contributed by atoms with Crippen LogP contribution in [0, 0.1) is 11.2 Å². The number of hydrogen-bond acceptors (Lipinski definition) is 4. The molecule has 0 bridgehead atoms. The van der Waals surface area contributed by atoms with Gasteiger partial charge in [0.05, 0.1) is 11.3 Å². The summed E-state index contributed by atoms with van der Waals surface area (Å²) in [5.41, 5.74) is 2.49. The van der Waals surface area contributed by atoms with Crippen LogP contribution in [0.15, 0.2) is 18.2 Å². The van der Waals surface area contributed by atoms with E-state index in [-0.39, 0.29) is 22.6 Å². The molecule has 1 heterocycles. The van der Waals surface area contributed by atoms with Crippen LogP contribution in [-0.4, -0.2) is 25.7 Å². The van der Waals surface area contributed by atoms with E-state index in [0.29, 0.717) is 19.8 Å². The average Bonchev–Trinajstić information content (AvgIpc) is 2.45. The van der Waals surface area contributed by atoms with Crippen LogP contribution in [-0.2, 0) is 4.74 Å². The molecule has 5 nitrogen and oxygen atoms in total. The fourth-order valence-electron chi connectivity index (χ4n) is 2.29. The Morgan fingerprint density at radius 3 is 2.80 bits per heavy atom. The van der Waals surface area contributed by atoms with Gasteiger partial charge in [-0.25, -0.2) is 4.39 Å². The van der Waals surface area contributed by atoms with Crippen molar-refractivity contribution in [1.29, 1.82) is 0 Å². The van der Waals surface area contributed by atoms with Gasteiger partial charge in [0.1, 0.15) is 5.82 Å². The van der Waals surface area contributed by atoms with E-state index < -0.39 is 5.82 Å². The highest BCUT2D eigenvalue weighted by atomic mass is 19.1. The molecule has 1 aromatic rings. The van der Waals surface area contributed by atoms with Crippen LogP contribution in [0.25, 0.3) is 0 Å². The molecule has 0 atom stereocenters. The number of hydrazine groups is 1. The Morgan fingerprint density at radius 2 is 2.15 bits per heavy atom. The lowest BCUT2D eigenvalue weighted by Gasteiger charge is -2.33. The van der Waals surface area contributed by atoms with Crippen molar-refractivity contribution in [3.63, 3.8) is 0 Å². The molecule has 1 fully saturated rings. The first-order chi connectivity index (χ1) is 9.56. The fraction of sp³-hybridized carbons (Fsp3) is 0.500. The van der Waals surface area contributed by atoms with Crippen LogP contribution in [0.4, 0.5) is 10.1 Å². The minimum Gasteiger partial charge on any atom is -0.381 e. The monoisotopic (exact) mass is 281 g/mol. The van der Waals surface area contributed by atoms with Gasteiger partial charge >= 0.3 is 0 Å². The number of carbonyl (C=O) groups excluding carboxylic acids is 1. The van der Waals surface area contributed by atoms with E-state index in [4.69, 9.17) is 10.6 Å². The zero-order valence-corrected chi connectivity index (χ0v) is 11.5. The number of nitrogen functional groups attached to an aromatic ring is 1. The number of benzene rings is 1. The molecule has 6 heteroatoms. The van der Waals surface area contributed by atoms with Crippen molar-refractivity contribution in [2.75, 3.05) is 25.2 Å². The van der Waals surface area contributed by atoms with Crippen molar-refractivity contribution in [2.45, 2.75) is 19.8 Å². The maximum absolute atomic E-state index is 13.5. The Bertz CT molecular complexity index is 487. The molecule has 0 spiro atoms. The summed E-state index contributed by atoms with van der Waals surface area (Å²) < 4.78 is 18.9. The first-order valence-corrected chi connectivity index (χ1v) is 6.67. The van der Waals surface area contributed by atoms with E-state index >= 15 is 0 Å². The van der Waals surface area contributed by atoms with Gasteiger partial charge in [0.2, 0.25) is 0 Å². The molecule has 20 heavy (non-hydrogen) atoms. The molecular weight excluding hydrogens is 261 g/mol. The molecule has 0 aliphatic carbocycles. The van der Waals surface area contributed by atoms with Crippen LogP contribution in [0.1, 0.15) is 30.1 Å². The highest BCUT2D eigenvalue weighted by Crippen LogP contribution is 2.29. The van der Waals surface area contributed by atoms with Crippen molar-refractivity contribution in [3.05, 3.63) is 29.6 Å². The predicted octanol–water partition coefficient (Wildman–Crippen LogP) is 1.66. The number of carbonyl (C=O) groups is 1. The Hall–Kier alpha value is -1.66. The topological polar surface area (TPSA) is 76.4 Å². The number of halogens is 1. The molecule has 4 N–H and O–H groups in total. The van der Waals surface area contributed by atoms with Gasteiger partial charge in [-0.1, -0.05) is 13.0 Å². The normalized spacial score (nSPS) is 17.6. The Kier molecular flexibility index (Phi) is 4.57. The summed E-state index contributed by atoms with van der Waals surface area (Å²) in [6.45, 7) is 4.07. The molecular formula is C14H20FN3O2. The highest BCUT2D eigenvalue weighted by Gasteiger charge is 2.28. The highest BCUT2D eigenvalue weighted by molar-refractivity contribution is 5.99. The van der Waals surface area contributed by atoms with Gasteiger partial charge < -0.3 is 15.5 Å². The molecule has 0 saturated carbocycles. The average molecular weight is 281 g/mol. The lowest BCUT2D eigenvalue weighted by Crippen LogP contribution is -2.39. The second-order valence-corrected chi connectivity index (χ2v) is 5.41. The van der Waals surface area contributed by atoms with Crippen LogP contribution in [0.5, 0.6) is 0 Å². The largest absolute Gasteiger partial charge is 0.381 e. The van der Waals surface area contributed by atoms with E-state index in [1.54, 1.807) is 6.07 Å². The number of nitrogens with one attached hydrogen (secondary N) is 2. The Morgan fingerprint density at radius 1 is 1.45 bits per heavy atom. The van der Waals surface area contributed by atoms with Crippen LogP contribution < -0.4 is 16.6 Å². The van der Waals surface area contributed by atoms with Crippen LogP contribution >= 0.6 is 0 Å². The van der Waals surface area contributed by atoms with Crippen molar-refractivity contribution >= 4 is 11.6 Å². The van der Waals surface area contributed by atoms with Gasteiger partial charge in [0.15, 0.2) is 0 Å². The van der Waals surface area contributed by atoms with Gasteiger partial charge in [0, 0.05) is 19.8 Å². The third-order valence-electron chi connectivity index (χ3n) is 3.78.